The summed E-state index contributed by atoms with van der Waals surface area (Å²) in [7, 11) is 2.51. The molecule has 5 heteroatoms. The van der Waals surface area contributed by atoms with E-state index < -0.39 is 0 Å². The number of nitrogens with one attached hydrogen (secondary N) is 1. The van der Waals surface area contributed by atoms with Gasteiger partial charge in [0, 0.05) is 54.6 Å². The fraction of sp³-hybridized carbons (Fsp3) is 0.373. The van der Waals surface area contributed by atoms with Gasteiger partial charge in [0.05, 0.1) is 10.4 Å². The van der Waals surface area contributed by atoms with Gasteiger partial charge in [-0.1, -0.05) is 137 Å². The van der Waals surface area contributed by atoms with Crippen molar-refractivity contribution in [2.75, 3.05) is 10.2 Å². The van der Waals surface area contributed by atoms with Gasteiger partial charge in [0.2, 0.25) is 0 Å². The Morgan fingerprint density at radius 2 is 1.06 bits per heavy atom. The number of aryl methyl sites for hydroxylation is 1. The minimum Gasteiger partial charge on any atom is -0.456 e. The maximum atomic E-state index is 6.73. The van der Waals surface area contributed by atoms with E-state index in [2.05, 4.69) is 217 Å². The molecule has 7 aromatic carbocycles. The lowest BCUT2D eigenvalue weighted by Gasteiger charge is -2.44. The normalized spacial score (nSPS) is 19.6. The molecule has 0 bridgehead atoms. The molecule has 0 saturated heterocycles. The van der Waals surface area contributed by atoms with Gasteiger partial charge in [-0.15, -0.1) is 11.3 Å². The number of furan rings is 1. The number of hydrogen-bond donors (Lipinski definition) is 1. The Morgan fingerprint density at radius 1 is 0.486 bits per heavy atom. The lowest BCUT2D eigenvalue weighted by Crippen LogP contribution is -2.41. The summed E-state index contributed by atoms with van der Waals surface area (Å²) in [4.78, 5) is 2.69. The zero-order valence-corrected chi connectivity index (χ0v) is 45.8. The number of fused-ring (bicyclic) bond motifs is 12. The van der Waals surface area contributed by atoms with Crippen LogP contribution in [0.2, 0.25) is 0 Å². The van der Waals surface area contributed by atoms with E-state index in [1.54, 1.807) is 0 Å². The van der Waals surface area contributed by atoms with Crippen molar-refractivity contribution in [2.24, 2.45) is 0 Å². The smallest absolute Gasteiger partial charge is 0.198 e. The van der Waals surface area contributed by atoms with Gasteiger partial charge in [-0.2, -0.15) is 0 Å². The van der Waals surface area contributed by atoms with Crippen molar-refractivity contribution < 1.29 is 4.42 Å². The summed E-state index contributed by atoms with van der Waals surface area (Å²) in [5.74, 6) is 0. The van der Waals surface area contributed by atoms with E-state index in [4.69, 9.17) is 4.42 Å². The summed E-state index contributed by atoms with van der Waals surface area (Å²) in [6.07, 6.45) is 7.01. The number of anilines is 5. The molecule has 4 aliphatic rings. The first-order valence-electron chi connectivity index (χ1n) is 26.9. The molecule has 1 radical (unpaired) electrons. The van der Waals surface area contributed by atoms with Crippen LogP contribution < -0.4 is 21.1 Å². The van der Waals surface area contributed by atoms with Gasteiger partial charge in [-0.25, -0.2) is 0 Å². The molecule has 9 aromatic rings. The Kier molecular flexibility index (Phi) is 9.69. The van der Waals surface area contributed by atoms with Crippen LogP contribution in [0, 0.1) is 6.92 Å². The Bertz CT molecular complexity index is 3800. The summed E-state index contributed by atoms with van der Waals surface area (Å²) >= 11 is 1.94. The van der Waals surface area contributed by atoms with E-state index in [-0.39, 0.29) is 32.5 Å². The predicted octanol–water partition coefficient (Wildman–Crippen LogP) is 18.2. The number of hydrogen-bond acceptors (Lipinski definition) is 4. The fourth-order valence-corrected chi connectivity index (χ4v) is 15.0. The van der Waals surface area contributed by atoms with E-state index in [1.165, 1.54) is 123 Å². The van der Waals surface area contributed by atoms with E-state index in [0.717, 1.165) is 46.9 Å². The van der Waals surface area contributed by atoms with Crippen molar-refractivity contribution in [3.63, 3.8) is 0 Å². The van der Waals surface area contributed by atoms with Gasteiger partial charge in [0.25, 0.3) is 0 Å². The molecule has 2 aromatic heterocycles. The molecule has 0 unspecified atom stereocenters. The van der Waals surface area contributed by atoms with E-state index in [1.807, 2.05) is 11.3 Å². The average molecular weight is 962 g/mol. The van der Waals surface area contributed by atoms with Crippen molar-refractivity contribution >= 4 is 100 Å². The second-order valence-corrected chi connectivity index (χ2v) is 27.5. The number of para-hydroxylation sites is 1. The molecule has 0 amide bonds. The zero-order valence-electron chi connectivity index (χ0n) is 45.0. The number of benzene rings is 7. The standard InChI is InChI=1S/C67H70BN2OS/c1-38-30-47-51(67(12,13)29-26-63(47,4)5)36-54(38)70-55-34-43-40-18-14-16-20-56(40)71-57(43)37-52(55)68-59-44(32-45-41-19-15-17-21-58(41)72-61(45)60(59)70)42-33-49-50(66(10,11)28-27-65(49,8)9)35-53(42)69-39-22-23-46-48(31-39)64(6,7)25-24-62(46,2)3/h14-23,30-37,69H,24-29H2,1-13H3. The van der Waals surface area contributed by atoms with Crippen molar-refractivity contribution in [2.45, 2.75) is 161 Å². The van der Waals surface area contributed by atoms with E-state index >= 15 is 0 Å². The van der Waals surface area contributed by atoms with Gasteiger partial charge >= 0.3 is 0 Å². The molecule has 13 rings (SSSR count). The Labute approximate surface area is 432 Å². The number of rotatable bonds is 4. The summed E-state index contributed by atoms with van der Waals surface area (Å²) in [5, 5.41) is 9.12. The van der Waals surface area contributed by atoms with Crippen LogP contribution in [0.3, 0.4) is 0 Å². The fourth-order valence-electron chi connectivity index (χ4n) is 13.8. The zero-order chi connectivity index (χ0) is 50.2. The van der Waals surface area contributed by atoms with Crippen molar-refractivity contribution in [1.29, 1.82) is 0 Å². The number of thiophene rings is 1. The highest BCUT2D eigenvalue weighted by Gasteiger charge is 2.42. The highest BCUT2D eigenvalue weighted by molar-refractivity contribution is 7.26. The lowest BCUT2D eigenvalue weighted by molar-refractivity contribution is 0.332. The van der Waals surface area contributed by atoms with Crippen molar-refractivity contribution in [1.82, 2.24) is 0 Å². The molecule has 1 aliphatic heterocycles. The Morgan fingerprint density at radius 3 is 1.74 bits per heavy atom. The molecular weight excluding hydrogens is 892 g/mol. The summed E-state index contributed by atoms with van der Waals surface area (Å²) in [5.41, 5.74) is 23.3. The van der Waals surface area contributed by atoms with Crippen LogP contribution in [0.5, 0.6) is 0 Å². The summed E-state index contributed by atoms with van der Waals surface area (Å²) in [6.45, 7) is 31.8. The minimum absolute atomic E-state index is 0.00880. The van der Waals surface area contributed by atoms with Crippen molar-refractivity contribution in [3.8, 4) is 11.1 Å². The SMILES string of the molecule is Cc1cc2c(cc1N1c3cc4c(cc3[B]c3c(-c5cc6c(cc5Nc5ccc7c(c5)C(C)(C)CCC7(C)C)C(C)(C)CCC6(C)C)cc5c(sc6ccccc65)c31)oc1ccccc14)C(C)(C)CCC2(C)C. The first-order chi connectivity index (χ1) is 34.0. The first-order valence-corrected chi connectivity index (χ1v) is 27.7. The highest BCUT2D eigenvalue weighted by atomic mass is 32.1. The van der Waals surface area contributed by atoms with Crippen LogP contribution in [0.1, 0.15) is 161 Å². The van der Waals surface area contributed by atoms with E-state index in [9.17, 15) is 0 Å². The molecule has 3 nitrogen and oxygen atoms in total. The first kappa shape index (κ1) is 46.0. The quantitative estimate of drug-likeness (QED) is 0.178. The Balaban J connectivity index is 1.14. The van der Waals surface area contributed by atoms with Gasteiger partial charge in [0.15, 0.2) is 7.28 Å². The molecule has 72 heavy (non-hydrogen) atoms. The lowest BCUT2D eigenvalue weighted by atomic mass is 9.57. The molecule has 0 atom stereocenters. The minimum atomic E-state index is 0.00880. The molecule has 3 heterocycles. The van der Waals surface area contributed by atoms with Crippen LogP contribution in [0.25, 0.3) is 53.2 Å². The van der Waals surface area contributed by atoms with E-state index in [0.29, 0.717) is 0 Å². The molecule has 1 N–H and O–H groups in total. The molecule has 3 aliphatic carbocycles. The molecule has 0 spiro atoms. The third kappa shape index (κ3) is 6.81. The summed E-state index contributed by atoms with van der Waals surface area (Å²) < 4.78 is 9.36. The third-order valence-electron chi connectivity index (χ3n) is 18.8. The van der Waals surface area contributed by atoms with Crippen LogP contribution in [-0.2, 0) is 32.5 Å². The highest BCUT2D eigenvalue weighted by Crippen LogP contribution is 2.55. The van der Waals surface area contributed by atoms with Crippen LogP contribution in [0.15, 0.2) is 114 Å². The van der Waals surface area contributed by atoms with Crippen LogP contribution >= 0.6 is 11.3 Å². The number of nitrogens with zero attached hydrogens (tertiary/aromatic N) is 1. The van der Waals surface area contributed by atoms with Crippen LogP contribution in [0.4, 0.5) is 28.4 Å². The van der Waals surface area contributed by atoms with Gasteiger partial charge in [-0.05, 0) is 189 Å². The molecule has 0 fully saturated rings. The van der Waals surface area contributed by atoms with Gasteiger partial charge in [0.1, 0.15) is 11.2 Å². The molecular formula is C67H70BN2OS. The van der Waals surface area contributed by atoms with Crippen LogP contribution in [-0.4, -0.2) is 7.28 Å². The third-order valence-corrected chi connectivity index (χ3v) is 20.0. The Hall–Kier alpha value is -5.78. The second-order valence-electron chi connectivity index (χ2n) is 26.5. The van der Waals surface area contributed by atoms with Crippen molar-refractivity contribution in [3.05, 3.63) is 148 Å². The monoisotopic (exact) mass is 962 g/mol. The maximum Gasteiger partial charge on any atom is 0.198 e. The summed E-state index contributed by atoms with van der Waals surface area (Å²) in [6, 6.07) is 42.6. The maximum absolute atomic E-state index is 6.73. The second kappa shape index (κ2) is 15.2. The molecule has 363 valence electrons. The largest absolute Gasteiger partial charge is 0.456 e. The van der Waals surface area contributed by atoms with Gasteiger partial charge < -0.3 is 14.6 Å². The topological polar surface area (TPSA) is 28.4 Å². The van der Waals surface area contributed by atoms with Gasteiger partial charge in [-0.3, -0.25) is 0 Å². The average Bonchev–Trinajstić information content (AvgIpc) is 3.89. The molecule has 0 saturated carbocycles. The predicted molar refractivity (Wildman–Crippen MR) is 312 cm³/mol.